The van der Waals surface area contributed by atoms with Crippen LogP contribution in [0.2, 0.25) is 5.15 Å². The quantitative estimate of drug-likeness (QED) is 0.927. The fourth-order valence-electron chi connectivity index (χ4n) is 2.48. The summed E-state index contributed by atoms with van der Waals surface area (Å²) < 4.78 is 4.04. The van der Waals surface area contributed by atoms with Crippen molar-refractivity contribution < 1.29 is 5.11 Å². The highest BCUT2D eigenvalue weighted by molar-refractivity contribution is 7.10. The molecule has 1 aromatic heterocycles. The smallest absolute Gasteiger partial charge is 0.162 e. The van der Waals surface area contributed by atoms with Gasteiger partial charge in [-0.3, -0.25) is 0 Å². The van der Waals surface area contributed by atoms with E-state index in [9.17, 15) is 0 Å². The minimum absolute atomic E-state index is 0.284. The second kappa shape index (κ2) is 5.87. The standard InChI is InChI=1S/C12H16ClN3OS/c1-16(9-4-2-8(7-17)3-5-9)12-10(6-14)11(13)15-18-12/h8-9,17H,2-5,7H2,1H3. The molecule has 6 heteroatoms. The first-order chi connectivity index (χ1) is 8.67. The number of halogens is 1. The molecule has 1 heterocycles. The summed E-state index contributed by atoms with van der Waals surface area (Å²) in [5, 5.41) is 19.4. The van der Waals surface area contributed by atoms with Crippen molar-refractivity contribution in [1.82, 2.24) is 4.37 Å². The number of nitriles is 1. The molecule has 98 valence electrons. The molecule has 0 aromatic carbocycles. The minimum atomic E-state index is 0.284. The molecule has 0 bridgehead atoms. The minimum Gasteiger partial charge on any atom is -0.396 e. The molecule has 0 saturated heterocycles. The number of hydrogen-bond donors (Lipinski definition) is 1. The summed E-state index contributed by atoms with van der Waals surface area (Å²) in [6, 6.07) is 2.53. The second-order valence-electron chi connectivity index (χ2n) is 4.73. The third-order valence-corrected chi connectivity index (χ3v) is 5.00. The Morgan fingerprint density at radius 2 is 2.17 bits per heavy atom. The van der Waals surface area contributed by atoms with Gasteiger partial charge in [0.25, 0.3) is 0 Å². The van der Waals surface area contributed by atoms with Gasteiger partial charge in [0.15, 0.2) is 5.15 Å². The second-order valence-corrected chi connectivity index (χ2v) is 5.84. The van der Waals surface area contributed by atoms with Crippen molar-refractivity contribution >= 4 is 28.1 Å². The van der Waals surface area contributed by atoms with E-state index in [-0.39, 0.29) is 6.61 Å². The first-order valence-corrected chi connectivity index (χ1v) is 7.21. The molecule has 0 unspecified atom stereocenters. The molecule has 18 heavy (non-hydrogen) atoms. The van der Waals surface area contributed by atoms with Crippen LogP contribution in [0.25, 0.3) is 0 Å². The molecule has 0 amide bonds. The summed E-state index contributed by atoms with van der Waals surface area (Å²) in [5.74, 6) is 0.440. The van der Waals surface area contributed by atoms with E-state index in [4.69, 9.17) is 22.0 Å². The summed E-state index contributed by atoms with van der Waals surface area (Å²) in [6.45, 7) is 0.284. The summed E-state index contributed by atoms with van der Waals surface area (Å²) >= 11 is 7.17. The van der Waals surface area contributed by atoms with Gasteiger partial charge in [-0.15, -0.1) is 0 Å². The third-order valence-electron chi connectivity index (χ3n) is 3.69. The van der Waals surface area contributed by atoms with E-state index in [2.05, 4.69) is 15.3 Å². The van der Waals surface area contributed by atoms with Crippen molar-refractivity contribution in [3.05, 3.63) is 10.7 Å². The first kappa shape index (κ1) is 13.6. The van der Waals surface area contributed by atoms with Crippen LogP contribution in [-0.2, 0) is 0 Å². The molecule has 0 atom stereocenters. The zero-order valence-electron chi connectivity index (χ0n) is 10.3. The zero-order valence-corrected chi connectivity index (χ0v) is 11.8. The van der Waals surface area contributed by atoms with E-state index in [1.165, 1.54) is 11.5 Å². The highest BCUT2D eigenvalue weighted by Crippen LogP contribution is 2.35. The molecule has 0 aliphatic heterocycles. The molecular formula is C12H16ClN3OS. The number of aliphatic hydroxyl groups excluding tert-OH is 1. The van der Waals surface area contributed by atoms with Crippen LogP contribution < -0.4 is 4.90 Å². The van der Waals surface area contributed by atoms with Crippen LogP contribution in [0, 0.1) is 17.2 Å². The van der Waals surface area contributed by atoms with E-state index in [1.54, 1.807) is 0 Å². The maximum absolute atomic E-state index is 9.14. The van der Waals surface area contributed by atoms with Gasteiger partial charge in [0, 0.05) is 19.7 Å². The molecule has 0 spiro atoms. The van der Waals surface area contributed by atoms with Crippen LogP contribution in [0.1, 0.15) is 31.2 Å². The fourth-order valence-corrected chi connectivity index (χ4v) is 3.54. The predicted octanol–water partition coefficient (Wildman–Crippen LogP) is 2.66. The molecule has 1 aromatic rings. The average Bonchev–Trinajstić information content (AvgIpc) is 2.79. The molecular weight excluding hydrogens is 270 g/mol. The van der Waals surface area contributed by atoms with Gasteiger partial charge in [0.05, 0.1) is 0 Å². The Morgan fingerprint density at radius 1 is 1.50 bits per heavy atom. The Hall–Kier alpha value is -0.830. The summed E-state index contributed by atoms with van der Waals surface area (Å²) in [5.41, 5.74) is 0.480. The molecule has 1 aliphatic rings. The number of hydrogen-bond acceptors (Lipinski definition) is 5. The van der Waals surface area contributed by atoms with Crippen molar-refractivity contribution in [3.63, 3.8) is 0 Å². The first-order valence-electron chi connectivity index (χ1n) is 6.06. The molecule has 1 aliphatic carbocycles. The van der Waals surface area contributed by atoms with Gasteiger partial charge in [0.1, 0.15) is 16.6 Å². The number of aromatic nitrogens is 1. The van der Waals surface area contributed by atoms with E-state index in [1.807, 2.05) is 7.05 Å². The van der Waals surface area contributed by atoms with Crippen LogP contribution in [0.15, 0.2) is 0 Å². The van der Waals surface area contributed by atoms with E-state index >= 15 is 0 Å². The average molecular weight is 286 g/mol. The largest absolute Gasteiger partial charge is 0.396 e. The lowest BCUT2D eigenvalue weighted by Crippen LogP contribution is -2.35. The highest BCUT2D eigenvalue weighted by Gasteiger charge is 2.26. The van der Waals surface area contributed by atoms with Crippen LogP contribution in [0.4, 0.5) is 5.00 Å². The highest BCUT2D eigenvalue weighted by atomic mass is 35.5. The molecule has 1 saturated carbocycles. The van der Waals surface area contributed by atoms with E-state index in [0.717, 1.165) is 30.7 Å². The van der Waals surface area contributed by atoms with Crippen molar-refractivity contribution in [2.45, 2.75) is 31.7 Å². The van der Waals surface area contributed by atoms with E-state index < -0.39 is 0 Å². The molecule has 1 N–H and O–H groups in total. The Bertz CT molecular complexity index is 449. The third kappa shape index (κ3) is 2.61. The monoisotopic (exact) mass is 285 g/mol. The zero-order chi connectivity index (χ0) is 13.1. The van der Waals surface area contributed by atoms with Gasteiger partial charge in [-0.2, -0.15) is 9.64 Å². The lowest BCUT2D eigenvalue weighted by Gasteiger charge is -2.34. The van der Waals surface area contributed by atoms with E-state index in [0.29, 0.717) is 22.7 Å². The van der Waals surface area contributed by atoms with Crippen molar-refractivity contribution in [2.75, 3.05) is 18.6 Å². The van der Waals surface area contributed by atoms with Gasteiger partial charge < -0.3 is 10.0 Å². The Kier molecular flexibility index (Phi) is 4.44. The topological polar surface area (TPSA) is 60.2 Å². The fraction of sp³-hybridized carbons (Fsp3) is 0.667. The van der Waals surface area contributed by atoms with Crippen LogP contribution >= 0.6 is 23.1 Å². The molecule has 0 radical (unpaired) electrons. The number of rotatable bonds is 3. The van der Waals surface area contributed by atoms with Crippen LogP contribution in [-0.4, -0.2) is 29.2 Å². The maximum atomic E-state index is 9.14. The Balaban J connectivity index is 2.08. The summed E-state index contributed by atoms with van der Waals surface area (Å²) in [6.07, 6.45) is 4.17. The van der Waals surface area contributed by atoms with Gasteiger partial charge in [0.2, 0.25) is 0 Å². The number of nitrogens with zero attached hydrogens (tertiary/aromatic N) is 3. The van der Waals surface area contributed by atoms with Crippen molar-refractivity contribution in [1.29, 1.82) is 5.26 Å². The van der Waals surface area contributed by atoms with Crippen molar-refractivity contribution in [3.8, 4) is 6.07 Å². The molecule has 2 rings (SSSR count). The number of aliphatic hydroxyl groups is 1. The summed E-state index contributed by atoms with van der Waals surface area (Å²) in [4.78, 5) is 2.12. The SMILES string of the molecule is CN(c1snc(Cl)c1C#N)C1CCC(CO)CC1. The Labute approximate surface area is 116 Å². The lowest BCUT2D eigenvalue weighted by atomic mass is 9.86. The summed E-state index contributed by atoms with van der Waals surface area (Å²) in [7, 11) is 1.99. The van der Waals surface area contributed by atoms with Gasteiger partial charge >= 0.3 is 0 Å². The van der Waals surface area contributed by atoms with Crippen LogP contribution in [0.5, 0.6) is 0 Å². The van der Waals surface area contributed by atoms with Crippen LogP contribution in [0.3, 0.4) is 0 Å². The maximum Gasteiger partial charge on any atom is 0.162 e. The van der Waals surface area contributed by atoms with Gasteiger partial charge in [-0.05, 0) is 43.1 Å². The number of anilines is 1. The van der Waals surface area contributed by atoms with Crippen molar-refractivity contribution in [2.24, 2.45) is 5.92 Å². The lowest BCUT2D eigenvalue weighted by molar-refractivity contribution is 0.182. The Morgan fingerprint density at radius 3 is 2.72 bits per heavy atom. The van der Waals surface area contributed by atoms with Gasteiger partial charge in [-0.25, -0.2) is 0 Å². The van der Waals surface area contributed by atoms with Gasteiger partial charge in [-0.1, -0.05) is 11.6 Å². The molecule has 1 fully saturated rings. The predicted molar refractivity (Wildman–Crippen MR) is 73.1 cm³/mol. The molecule has 4 nitrogen and oxygen atoms in total. The normalized spacial score (nSPS) is 23.7.